The molecule has 1 aromatic carbocycles. The molecule has 1 aromatic rings. The van der Waals surface area contributed by atoms with Crippen LogP contribution in [0.5, 0.6) is 0 Å². The molecule has 0 saturated heterocycles. The Bertz CT molecular complexity index is 566. The van der Waals surface area contributed by atoms with E-state index in [9.17, 15) is 20.6 Å². The summed E-state index contributed by atoms with van der Waals surface area (Å²) >= 11 is 0. The summed E-state index contributed by atoms with van der Waals surface area (Å²) < 4.78 is 0.716. The number of hydrogen-bond donors (Lipinski definition) is 0. The van der Waals surface area contributed by atoms with Gasteiger partial charge in [-0.15, -0.1) is 0 Å². The first-order valence-corrected chi connectivity index (χ1v) is 6.54. The van der Waals surface area contributed by atoms with Crippen molar-refractivity contribution in [3.05, 3.63) is 45.2 Å². The Kier molecular flexibility index (Phi) is 3.99. The topological polar surface area (TPSA) is 93.0 Å². The second kappa shape index (κ2) is 5.70. The minimum atomic E-state index is -0.986. The molecular formula is C14H15N3O3. The molecule has 0 amide bonds. The number of nitro groups is 1. The van der Waals surface area contributed by atoms with Crippen LogP contribution in [-0.2, 0) is 0 Å². The quantitative estimate of drug-likeness (QED) is 0.278. The van der Waals surface area contributed by atoms with E-state index in [0.29, 0.717) is 23.1 Å². The summed E-state index contributed by atoms with van der Waals surface area (Å²) in [6.07, 6.45) is 5.28. The standard InChI is InChI=1S/C14H15N3O3/c15-11-14(8-2-1-3-9-14)16(18)10-12-4-6-13(7-5-12)17(19)20/h4-7,10H,1-3,8-9H2/b16-10-. The van der Waals surface area contributed by atoms with Crippen LogP contribution in [-0.4, -0.2) is 21.4 Å². The van der Waals surface area contributed by atoms with Crippen molar-refractivity contribution in [1.82, 2.24) is 0 Å². The van der Waals surface area contributed by atoms with Gasteiger partial charge in [-0.25, -0.2) is 0 Å². The predicted molar refractivity (Wildman–Crippen MR) is 73.3 cm³/mol. The van der Waals surface area contributed by atoms with Crippen LogP contribution in [0.1, 0.15) is 37.7 Å². The molecule has 6 nitrogen and oxygen atoms in total. The molecule has 0 N–H and O–H groups in total. The number of hydroxylamine groups is 1. The smallest absolute Gasteiger partial charge is 0.269 e. The summed E-state index contributed by atoms with van der Waals surface area (Å²) in [6, 6.07) is 7.86. The van der Waals surface area contributed by atoms with Crippen molar-refractivity contribution in [3.8, 4) is 6.07 Å². The maximum atomic E-state index is 12.2. The van der Waals surface area contributed by atoms with Crippen LogP contribution in [0.4, 0.5) is 5.69 Å². The van der Waals surface area contributed by atoms with Gasteiger partial charge < -0.3 is 5.21 Å². The molecule has 104 valence electrons. The predicted octanol–water partition coefficient (Wildman–Crippen LogP) is 2.75. The van der Waals surface area contributed by atoms with E-state index in [4.69, 9.17) is 0 Å². The van der Waals surface area contributed by atoms with Crippen LogP contribution in [0, 0.1) is 26.7 Å². The lowest BCUT2D eigenvalue weighted by Gasteiger charge is -2.28. The van der Waals surface area contributed by atoms with Gasteiger partial charge in [0.05, 0.1) is 4.92 Å². The van der Waals surface area contributed by atoms with E-state index in [1.165, 1.54) is 30.5 Å². The summed E-state index contributed by atoms with van der Waals surface area (Å²) in [4.78, 5) is 10.1. The lowest BCUT2D eigenvalue weighted by molar-refractivity contribution is -0.532. The van der Waals surface area contributed by atoms with Crippen molar-refractivity contribution in [2.24, 2.45) is 0 Å². The molecule has 1 aliphatic carbocycles. The van der Waals surface area contributed by atoms with E-state index >= 15 is 0 Å². The van der Waals surface area contributed by atoms with E-state index in [-0.39, 0.29) is 5.69 Å². The van der Waals surface area contributed by atoms with Crippen molar-refractivity contribution in [3.63, 3.8) is 0 Å². The lowest BCUT2D eigenvalue weighted by atomic mass is 9.83. The van der Waals surface area contributed by atoms with Gasteiger partial charge in [0, 0.05) is 30.5 Å². The first-order valence-electron chi connectivity index (χ1n) is 6.54. The molecular weight excluding hydrogens is 258 g/mol. The Morgan fingerprint density at radius 3 is 2.25 bits per heavy atom. The zero-order valence-corrected chi connectivity index (χ0v) is 11.0. The Labute approximate surface area is 116 Å². The molecule has 1 fully saturated rings. The molecule has 0 atom stereocenters. The molecule has 1 saturated carbocycles. The number of hydrogen-bond acceptors (Lipinski definition) is 4. The highest BCUT2D eigenvalue weighted by Gasteiger charge is 2.40. The second-order valence-corrected chi connectivity index (χ2v) is 5.01. The van der Waals surface area contributed by atoms with Crippen molar-refractivity contribution in [2.45, 2.75) is 37.6 Å². The van der Waals surface area contributed by atoms with Gasteiger partial charge in [-0.05, 0) is 25.0 Å². The van der Waals surface area contributed by atoms with Gasteiger partial charge in [0.1, 0.15) is 6.07 Å². The van der Waals surface area contributed by atoms with E-state index in [1.807, 2.05) is 0 Å². The molecule has 6 heteroatoms. The first-order chi connectivity index (χ1) is 9.57. The Hall–Kier alpha value is -2.42. The average molecular weight is 273 g/mol. The molecule has 20 heavy (non-hydrogen) atoms. The third-order valence-electron chi connectivity index (χ3n) is 3.68. The number of benzene rings is 1. The van der Waals surface area contributed by atoms with Gasteiger partial charge in [0.25, 0.3) is 11.2 Å². The van der Waals surface area contributed by atoms with Gasteiger partial charge in [-0.1, -0.05) is 6.42 Å². The first kappa shape index (κ1) is 14.0. The van der Waals surface area contributed by atoms with Gasteiger partial charge >= 0.3 is 0 Å². The summed E-state index contributed by atoms with van der Waals surface area (Å²) in [5, 5.41) is 32.1. The van der Waals surface area contributed by atoms with E-state index in [0.717, 1.165) is 19.3 Å². The minimum absolute atomic E-state index is 0.0211. The summed E-state index contributed by atoms with van der Waals surface area (Å²) in [7, 11) is 0. The highest BCUT2D eigenvalue weighted by atomic mass is 16.6. The van der Waals surface area contributed by atoms with Gasteiger partial charge in [-0.2, -0.15) is 10.0 Å². The maximum absolute atomic E-state index is 12.2. The molecule has 0 aromatic heterocycles. The SMILES string of the molecule is N#CC1(/[N+]([O-])=C/c2ccc([N+](=O)[O-])cc2)CCCCC1. The van der Waals surface area contributed by atoms with Crippen LogP contribution < -0.4 is 0 Å². The van der Waals surface area contributed by atoms with Gasteiger partial charge in [-0.3, -0.25) is 10.1 Å². The van der Waals surface area contributed by atoms with E-state index in [2.05, 4.69) is 6.07 Å². The number of non-ortho nitro benzene ring substituents is 1. The average Bonchev–Trinajstić information content (AvgIpc) is 2.48. The highest BCUT2D eigenvalue weighted by Crippen LogP contribution is 2.30. The second-order valence-electron chi connectivity index (χ2n) is 5.01. The van der Waals surface area contributed by atoms with Crippen LogP contribution in [0.3, 0.4) is 0 Å². The molecule has 0 radical (unpaired) electrons. The van der Waals surface area contributed by atoms with E-state index < -0.39 is 10.5 Å². The zero-order valence-electron chi connectivity index (χ0n) is 11.0. The zero-order chi connectivity index (χ0) is 14.6. The number of nitriles is 1. The molecule has 0 unspecified atom stereocenters. The fraction of sp³-hybridized carbons (Fsp3) is 0.429. The van der Waals surface area contributed by atoms with Gasteiger partial charge in [0.2, 0.25) is 0 Å². The van der Waals surface area contributed by atoms with Gasteiger partial charge in [0.15, 0.2) is 6.21 Å². The van der Waals surface area contributed by atoms with Crippen molar-refractivity contribution < 1.29 is 9.66 Å². The maximum Gasteiger partial charge on any atom is 0.269 e. The molecule has 0 aliphatic heterocycles. The summed E-state index contributed by atoms with van der Waals surface area (Å²) in [5.41, 5.74) is -0.446. The van der Waals surface area contributed by atoms with Crippen LogP contribution in [0.25, 0.3) is 0 Å². The third kappa shape index (κ3) is 2.77. The third-order valence-corrected chi connectivity index (χ3v) is 3.68. The highest BCUT2D eigenvalue weighted by molar-refractivity contribution is 5.76. The Morgan fingerprint density at radius 2 is 1.75 bits per heavy atom. The molecule has 2 rings (SSSR count). The summed E-state index contributed by atoms with van der Waals surface area (Å²) in [6.45, 7) is 0. The van der Waals surface area contributed by atoms with E-state index in [1.54, 1.807) is 0 Å². The minimum Gasteiger partial charge on any atom is -0.623 e. The normalized spacial score (nSPS) is 18.2. The monoisotopic (exact) mass is 273 g/mol. The lowest BCUT2D eigenvalue weighted by Crippen LogP contribution is -2.40. The molecule has 0 spiro atoms. The number of nitro benzene ring substituents is 1. The van der Waals surface area contributed by atoms with Crippen molar-refractivity contribution in [2.75, 3.05) is 0 Å². The van der Waals surface area contributed by atoms with Crippen molar-refractivity contribution in [1.29, 1.82) is 5.26 Å². The number of rotatable bonds is 3. The van der Waals surface area contributed by atoms with Crippen molar-refractivity contribution >= 4 is 11.9 Å². The Balaban J connectivity index is 2.24. The molecule has 1 aliphatic rings. The fourth-order valence-corrected chi connectivity index (χ4v) is 2.46. The Morgan fingerprint density at radius 1 is 1.15 bits per heavy atom. The molecule has 0 bridgehead atoms. The number of nitrogens with zero attached hydrogens (tertiary/aromatic N) is 3. The van der Waals surface area contributed by atoms with Crippen LogP contribution >= 0.6 is 0 Å². The molecule has 0 heterocycles. The van der Waals surface area contributed by atoms with Crippen LogP contribution in [0.2, 0.25) is 0 Å². The van der Waals surface area contributed by atoms with Crippen LogP contribution in [0.15, 0.2) is 24.3 Å². The fourth-order valence-electron chi connectivity index (χ4n) is 2.46. The summed E-state index contributed by atoms with van der Waals surface area (Å²) in [5.74, 6) is 0. The largest absolute Gasteiger partial charge is 0.623 e.